The quantitative estimate of drug-likeness (QED) is 0.590. The fraction of sp³-hybridized carbons (Fsp3) is 0.545. The van der Waals surface area contributed by atoms with E-state index in [4.69, 9.17) is 4.74 Å². The third kappa shape index (κ3) is 4.33. The molecule has 4 nitrogen and oxygen atoms in total. The highest BCUT2D eigenvalue weighted by Gasteiger charge is 2.37. The maximum absolute atomic E-state index is 13.7. The third-order valence-corrected chi connectivity index (χ3v) is 6.04. The van der Waals surface area contributed by atoms with E-state index in [2.05, 4.69) is 9.97 Å². The predicted molar refractivity (Wildman–Crippen MR) is 106 cm³/mol. The van der Waals surface area contributed by atoms with Crippen LogP contribution in [0.2, 0.25) is 0 Å². The van der Waals surface area contributed by atoms with Gasteiger partial charge in [-0.2, -0.15) is 18.2 Å². The van der Waals surface area contributed by atoms with Crippen LogP contribution in [0.4, 0.5) is 24.7 Å². The molecule has 0 spiro atoms. The molecule has 2 aliphatic carbocycles. The summed E-state index contributed by atoms with van der Waals surface area (Å²) in [6, 6.07) is 7.71. The Morgan fingerprint density at radius 2 is 1.66 bits per heavy atom. The summed E-state index contributed by atoms with van der Waals surface area (Å²) in [7, 11) is 1.64. The number of hydrogen-bond donors (Lipinski definition) is 0. The number of ether oxygens (including phenoxy) is 1. The molecule has 2 aliphatic rings. The van der Waals surface area contributed by atoms with Crippen molar-refractivity contribution in [2.24, 2.45) is 0 Å². The molecule has 2 fully saturated rings. The molecule has 0 N–H and O–H groups in total. The van der Waals surface area contributed by atoms with Crippen molar-refractivity contribution in [3.8, 4) is 6.01 Å². The average molecular weight is 405 g/mol. The van der Waals surface area contributed by atoms with E-state index < -0.39 is 11.7 Å². The number of halogens is 3. The van der Waals surface area contributed by atoms with Crippen LogP contribution < -0.4 is 9.64 Å². The Labute approximate surface area is 169 Å². The Kier molecular flexibility index (Phi) is 5.65. The lowest BCUT2D eigenvalue weighted by Crippen LogP contribution is -2.22. The van der Waals surface area contributed by atoms with Crippen molar-refractivity contribution >= 4 is 11.5 Å². The van der Waals surface area contributed by atoms with E-state index in [1.54, 1.807) is 11.9 Å². The fourth-order valence-electron chi connectivity index (χ4n) is 4.51. The molecule has 2 aromatic rings. The minimum Gasteiger partial charge on any atom is -0.460 e. The molecule has 0 saturated heterocycles. The number of rotatable bonds is 5. The molecular weight excluding hydrogens is 379 g/mol. The first-order chi connectivity index (χ1) is 13.9. The van der Waals surface area contributed by atoms with Gasteiger partial charge in [-0.3, -0.25) is 0 Å². The van der Waals surface area contributed by atoms with Crippen LogP contribution in [-0.2, 0) is 6.18 Å². The maximum atomic E-state index is 13.7. The van der Waals surface area contributed by atoms with Crippen molar-refractivity contribution in [3.05, 3.63) is 41.6 Å². The topological polar surface area (TPSA) is 38.2 Å². The van der Waals surface area contributed by atoms with E-state index in [0.29, 0.717) is 5.92 Å². The number of anilines is 2. The summed E-state index contributed by atoms with van der Waals surface area (Å²) in [5, 5.41) is 0. The van der Waals surface area contributed by atoms with Crippen LogP contribution in [0.25, 0.3) is 0 Å². The summed E-state index contributed by atoms with van der Waals surface area (Å²) in [5.74, 6) is 0.213. The van der Waals surface area contributed by atoms with Gasteiger partial charge in [0, 0.05) is 18.9 Å². The lowest BCUT2D eigenvalue weighted by atomic mass is 9.95. The summed E-state index contributed by atoms with van der Waals surface area (Å²) in [6.45, 7) is 0. The molecule has 4 rings (SSSR count). The largest absolute Gasteiger partial charge is 0.460 e. The number of hydrogen-bond acceptors (Lipinski definition) is 4. The van der Waals surface area contributed by atoms with Crippen molar-refractivity contribution in [3.63, 3.8) is 0 Å². The second-order valence-corrected chi connectivity index (χ2v) is 8.01. The zero-order chi connectivity index (χ0) is 20.4. The van der Waals surface area contributed by atoms with Gasteiger partial charge in [-0.25, -0.2) is 4.98 Å². The van der Waals surface area contributed by atoms with Crippen LogP contribution in [0, 0.1) is 0 Å². The molecule has 0 amide bonds. The Morgan fingerprint density at radius 3 is 2.34 bits per heavy atom. The van der Waals surface area contributed by atoms with Gasteiger partial charge in [-0.15, -0.1) is 0 Å². The van der Waals surface area contributed by atoms with Crippen LogP contribution in [0.1, 0.15) is 68.4 Å². The molecule has 0 atom stereocenters. The number of aromatic nitrogens is 2. The highest BCUT2D eigenvalue weighted by molar-refractivity contribution is 5.66. The third-order valence-electron chi connectivity index (χ3n) is 6.04. The lowest BCUT2D eigenvalue weighted by molar-refractivity contribution is -0.137. The smallest absolute Gasteiger partial charge is 0.421 e. The second-order valence-electron chi connectivity index (χ2n) is 8.01. The molecule has 1 aromatic heterocycles. The molecule has 0 radical (unpaired) electrons. The van der Waals surface area contributed by atoms with Crippen molar-refractivity contribution < 1.29 is 17.9 Å². The lowest BCUT2D eigenvalue weighted by Gasteiger charge is -2.26. The molecular formula is C22H26F3N3O. The molecule has 1 aromatic carbocycles. The average Bonchev–Trinajstić information content (AvgIpc) is 3.41. The molecule has 1 heterocycles. The Morgan fingerprint density at radius 1 is 1.00 bits per heavy atom. The van der Waals surface area contributed by atoms with E-state index in [0.717, 1.165) is 68.8 Å². The van der Waals surface area contributed by atoms with Gasteiger partial charge in [0.15, 0.2) is 5.82 Å². The van der Waals surface area contributed by atoms with Gasteiger partial charge in [0.2, 0.25) is 0 Å². The maximum Gasteiger partial charge on any atom is 0.421 e. The molecule has 29 heavy (non-hydrogen) atoms. The van der Waals surface area contributed by atoms with Gasteiger partial charge >= 0.3 is 12.2 Å². The van der Waals surface area contributed by atoms with Crippen molar-refractivity contribution in [1.29, 1.82) is 0 Å². The van der Waals surface area contributed by atoms with Crippen LogP contribution in [0.15, 0.2) is 30.5 Å². The molecule has 0 bridgehead atoms. The highest BCUT2D eigenvalue weighted by atomic mass is 19.4. The van der Waals surface area contributed by atoms with Gasteiger partial charge in [0.25, 0.3) is 0 Å². The molecule has 0 aliphatic heterocycles. The van der Waals surface area contributed by atoms with Crippen LogP contribution in [-0.4, -0.2) is 23.1 Å². The SMILES string of the molecule is CN(c1ccccc1C1CCCC1)c1nc(OC2CCCC2)ncc1C(F)(F)F. The van der Waals surface area contributed by atoms with E-state index in [1.807, 2.05) is 24.3 Å². The second kappa shape index (κ2) is 8.20. The summed E-state index contributed by atoms with van der Waals surface area (Å²) >= 11 is 0. The van der Waals surface area contributed by atoms with Gasteiger partial charge in [-0.05, 0) is 56.1 Å². The van der Waals surface area contributed by atoms with Crippen LogP contribution in [0.5, 0.6) is 6.01 Å². The zero-order valence-corrected chi connectivity index (χ0v) is 16.6. The minimum absolute atomic E-state index is 0.0179. The first-order valence-electron chi connectivity index (χ1n) is 10.4. The number of nitrogens with zero attached hydrogens (tertiary/aromatic N) is 3. The normalized spacial score (nSPS) is 18.3. The number of para-hydroxylation sites is 1. The van der Waals surface area contributed by atoms with E-state index in [-0.39, 0.29) is 17.9 Å². The minimum atomic E-state index is -4.54. The van der Waals surface area contributed by atoms with Crippen molar-refractivity contribution in [2.45, 2.75) is 69.6 Å². The summed E-state index contributed by atoms with van der Waals surface area (Å²) in [5.41, 5.74) is 0.993. The zero-order valence-electron chi connectivity index (χ0n) is 16.6. The predicted octanol–water partition coefficient (Wildman–Crippen LogP) is 6.24. The highest BCUT2D eigenvalue weighted by Crippen LogP contribution is 2.43. The van der Waals surface area contributed by atoms with Gasteiger partial charge in [-0.1, -0.05) is 31.0 Å². The van der Waals surface area contributed by atoms with E-state index in [9.17, 15) is 13.2 Å². The van der Waals surface area contributed by atoms with E-state index >= 15 is 0 Å². The fourth-order valence-corrected chi connectivity index (χ4v) is 4.51. The molecule has 156 valence electrons. The van der Waals surface area contributed by atoms with Crippen molar-refractivity contribution in [2.75, 3.05) is 11.9 Å². The summed E-state index contributed by atoms with van der Waals surface area (Å²) < 4.78 is 46.9. The van der Waals surface area contributed by atoms with Gasteiger partial charge in [0.1, 0.15) is 11.7 Å². The van der Waals surface area contributed by atoms with E-state index in [1.165, 1.54) is 0 Å². The van der Waals surface area contributed by atoms with Crippen LogP contribution in [0.3, 0.4) is 0 Å². The summed E-state index contributed by atoms with van der Waals surface area (Å²) in [6.07, 6.45) is 4.63. The van der Waals surface area contributed by atoms with Crippen LogP contribution >= 0.6 is 0 Å². The monoisotopic (exact) mass is 405 g/mol. The Bertz CT molecular complexity index is 843. The first kappa shape index (κ1) is 20.0. The van der Waals surface area contributed by atoms with Crippen molar-refractivity contribution in [1.82, 2.24) is 9.97 Å². The number of benzene rings is 1. The Hall–Kier alpha value is -2.31. The summed E-state index contributed by atoms with van der Waals surface area (Å²) in [4.78, 5) is 9.63. The van der Waals surface area contributed by atoms with Gasteiger partial charge in [0.05, 0.1) is 0 Å². The number of alkyl halides is 3. The molecule has 0 unspecified atom stereocenters. The Balaban J connectivity index is 1.72. The first-order valence-corrected chi connectivity index (χ1v) is 10.4. The molecule has 2 saturated carbocycles. The van der Waals surface area contributed by atoms with Gasteiger partial charge < -0.3 is 9.64 Å². The standard InChI is InChI=1S/C22H26F3N3O/c1-28(19-13-7-6-12-17(19)15-8-2-3-9-15)20-18(22(23,24)25)14-26-21(27-20)29-16-10-4-5-11-16/h6-7,12-16H,2-5,8-11H2,1H3. The molecule has 7 heteroatoms.